The van der Waals surface area contributed by atoms with Gasteiger partial charge >= 0.3 is 0 Å². The van der Waals surface area contributed by atoms with Crippen molar-refractivity contribution in [2.75, 3.05) is 6.61 Å². The first kappa shape index (κ1) is 22.8. The van der Waals surface area contributed by atoms with Crippen LogP contribution in [0.5, 0.6) is 0 Å². The summed E-state index contributed by atoms with van der Waals surface area (Å²) in [5.74, 6) is 3.54. The van der Waals surface area contributed by atoms with E-state index < -0.39 is 0 Å². The third-order valence-corrected chi connectivity index (χ3v) is 10.5. The fourth-order valence-corrected chi connectivity index (χ4v) is 8.69. The molecule has 3 N–H and O–H groups in total. The van der Waals surface area contributed by atoms with E-state index in [1.165, 1.54) is 44.1 Å². The molecule has 0 radical (unpaired) electrons. The van der Waals surface area contributed by atoms with Crippen molar-refractivity contribution in [2.45, 2.75) is 104 Å². The Hall–Kier alpha value is -0.380. The van der Waals surface area contributed by atoms with E-state index in [1.807, 2.05) is 0 Å². The number of rotatable bonds is 6. The molecule has 10 atom stereocenters. The van der Waals surface area contributed by atoms with Crippen LogP contribution in [0, 0.1) is 46.3 Å². The largest absolute Gasteiger partial charge is 0.396 e. The van der Waals surface area contributed by atoms with Gasteiger partial charge in [-0.2, -0.15) is 0 Å². The van der Waals surface area contributed by atoms with Crippen LogP contribution < -0.4 is 0 Å². The van der Waals surface area contributed by atoms with Gasteiger partial charge in [-0.25, -0.2) is 0 Å². The summed E-state index contributed by atoms with van der Waals surface area (Å²) in [6.07, 6.45) is 13.2. The second kappa shape index (κ2) is 8.52. The SMILES string of the molecule is CC(CO)CCC[C@@H](C)[C@H]1CC[C@H]2[C@@H]3C(O)C=C4C[C@@H](O)CC[C@]4(C)[C@H]3CC[C@]12C. The summed E-state index contributed by atoms with van der Waals surface area (Å²) in [4.78, 5) is 0. The lowest BCUT2D eigenvalue weighted by Gasteiger charge is -2.59. The summed E-state index contributed by atoms with van der Waals surface area (Å²) in [7, 11) is 0. The van der Waals surface area contributed by atoms with Gasteiger partial charge in [0.05, 0.1) is 12.2 Å². The van der Waals surface area contributed by atoms with Crippen molar-refractivity contribution >= 4 is 0 Å². The number of fused-ring (bicyclic) bond motifs is 5. The van der Waals surface area contributed by atoms with Gasteiger partial charge in [0.25, 0.3) is 0 Å². The van der Waals surface area contributed by atoms with Crippen molar-refractivity contribution in [3.05, 3.63) is 11.6 Å². The zero-order chi connectivity index (χ0) is 21.7. The molecule has 0 aromatic rings. The van der Waals surface area contributed by atoms with E-state index in [-0.39, 0.29) is 17.6 Å². The highest BCUT2D eigenvalue weighted by molar-refractivity contribution is 5.27. The zero-order valence-corrected chi connectivity index (χ0v) is 19.8. The third-order valence-electron chi connectivity index (χ3n) is 10.5. The molecule has 0 amide bonds. The highest BCUT2D eigenvalue weighted by atomic mass is 16.3. The van der Waals surface area contributed by atoms with Crippen LogP contribution in [0.2, 0.25) is 0 Å². The number of hydrogen-bond acceptors (Lipinski definition) is 3. The zero-order valence-electron chi connectivity index (χ0n) is 19.8. The molecule has 4 aliphatic carbocycles. The molecule has 0 saturated heterocycles. The smallest absolute Gasteiger partial charge is 0.0757 e. The van der Waals surface area contributed by atoms with E-state index in [9.17, 15) is 15.3 Å². The van der Waals surface area contributed by atoms with Crippen molar-refractivity contribution < 1.29 is 15.3 Å². The molecule has 3 fully saturated rings. The van der Waals surface area contributed by atoms with Crippen molar-refractivity contribution in [1.29, 1.82) is 0 Å². The maximum Gasteiger partial charge on any atom is 0.0757 e. The van der Waals surface area contributed by atoms with Crippen LogP contribution in [0.15, 0.2) is 11.6 Å². The van der Waals surface area contributed by atoms with Crippen molar-refractivity contribution in [1.82, 2.24) is 0 Å². The Labute approximate surface area is 184 Å². The maximum absolute atomic E-state index is 11.3. The Balaban J connectivity index is 1.50. The van der Waals surface area contributed by atoms with Crippen LogP contribution in [-0.2, 0) is 0 Å². The number of aliphatic hydroxyl groups is 3. The highest BCUT2D eigenvalue weighted by Crippen LogP contribution is 2.67. The molecule has 2 unspecified atom stereocenters. The molecule has 4 rings (SSSR count). The fraction of sp³-hybridized carbons (Fsp3) is 0.926. The molecule has 0 bridgehead atoms. The molecule has 172 valence electrons. The maximum atomic E-state index is 11.3. The minimum Gasteiger partial charge on any atom is -0.396 e. The third kappa shape index (κ3) is 3.71. The summed E-state index contributed by atoms with van der Waals surface area (Å²) >= 11 is 0. The van der Waals surface area contributed by atoms with E-state index in [0.29, 0.717) is 35.7 Å². The van der Waals surface area contributed by atoms with Crippen LogP contribution in [0.1, 0.15) is 91.9 Å². The number of hydrogen-bond donors (Lipinski definition) is 3. The molecule has 3 saturated carbocycles. The Morgan fingerprint density at radius 1 is 1.00 bits per heavy atom. The van der Waals surface area contributed by atoms with Gasteiger partial charge in [0.1, 0.15) is 0 Å². The van der Waals surface area contributed by atoms with Crippen molar-refractivity contribution in [3.8, 4) is 0 Å². The Kier molecular flexibility index (Phi) is 6.48. The topological polar surface area (TPSA) is 60.7 Å². The van der Waals surface area contributed by atoms with E-state index in [1.54, 1.807) is 0 Å². The lowest BCUT2D eigenvalue weighted by Crippen LogP contribution is -2.54. The summed E-state index contributed by atoms with van der Waals surface area (Å²) in [6, 6.07) is 0. The summed E-state index contributed by atoms with van der Waals surface area (Å²) in [5.41, 5.74) is 1.90. The fourth-order valence-electron chi connectivity index (χ4n) is 8.69. The van der Waals surface area contributed by atoms with Gasteiger partial charge in [-0.15, -0.1) is 0 Å². The van der Waals surface area contributed by atoms with Gasteiger partial charge in [0.2, 0.25) is 0 Å². The molecule has 30 heavy (non-hydrogen) atoms. The van der Waals surface area contributed by atoms with Gasteiger partial charge < -0.3 is 15.3 Å². The van der Waals surface area contributed by atoms with Crippen molar-refractivity contribution in [2.24, 2.45) is 46.3 Å². The number of aliphatic hydroxyl groups excluding tert-OH is 3. The van der Waals surface area contributed by atoms with Crippen LogP contribution in [0.25, 0.3) is 0 Å². The highest BCUT2D eigenvalue weighted by Gasteiger charge is 2.61. The van der Waals surface area contributed by atoms with Gasteiger partial charge in [-0.1, -0.05) is 52.2 Å². The van der Waals surface area contributed by atoms with E-state index >= 15 is 0 Å². The molecule has 0 spiro atoms. The van der Waals surface area contributed by atoms with Crippen LogP contribution >= 0.6 is 0 Å². The van der Waals surface area contributed by atoms with Gasteiger partial charge in [0, 0.05) is 6.61 Å². The second-order valence-electron chi connectivity index (χ2n) is 12.2. The molecular weight excluding hydrogens is 372 g/mol. The van der Waals surface area contributed by atoms with Gasteiger partial charge in [-0.3, -0.25) is 0 Å². The first-order valence-corrected chi connectivity index (χ1v) is 12.9. The Bertz CT molecular complexity index is 644. The molecule has 0 aliphatic heterocycles. The Morgan fingerprint density at radius 2 is 1.77 bits per heavy atom. The lowest BCUT2D eigenvalue weighted by molar-refractivity contribution is -0.0971. The monoisotopic (exact) mass is 418 g/mol. The standard InChI is InChI=1S/C27H46O3/c1-17(16-28)6-5-7-18(2)21-8-9-22-25-23(11-13-27(21,22)4)26(3)12-10-20(29)14-19(26)15-24(25)30/h15,17-18,20-25,28-30H,5-14,16H2,1-4H3/t17?,18-,20+,21-,22+,23+,24?,25+,26+,27-/m1/s1. The summed E-state index contributed by atoms with van der Waals surface area (Å²) in [5, 5.41) is 30.8. The van der Waals surface area contributed by atoms with Crippen LogP contribution in [-0.4, -0.2) is 34.1 Å². The van der Waals surface area contributed by atoms with Crippen LogP contribution in [0.4, 0.5) is 0 Å². The van der Waals surface area contributed by atoms with Crippen LogP contribution in [0.3, 0.4) is 0 Å². The predicted octanol–water partition coefficient (Wildman–Crippen LogP) is 5.33. The Morgan fingerprint density at radius 3 is 2.50 bits per heavy atom. The van der Waals surface area contributed by atoms with E-state index in [0.717, 1.165) is 37.5 Å². The van der Waals surface area contributed by atoms with Gasteiger partial charge in [0.15, 0.2) is 0 Å². The quantitative estimate of drug-likeness (QED) is 0.511. The minimum atomic E-state index is -0.326. The molecular formula is C27H46O3. The summed E-state index contributed by atoms with van der Waals surface area (Å²) < 4.78 is 0. The van der Waals surface area contributed by atoms with E-state index in [4.69, 9.17) is 0 Å². The average Bonchev–Trinajstić information content (AvgIpc) is 3.06. The molecule has 0 heterocycles. The molecule has 0 aromatic heterocycles. The first-order valence-electron chi connectivity index (χ1n) is 12.9. The first-order chi connectivity index (χ1) is 14.2. The second-order valence-corrected chi connectivity index (χ2v) is 12.2. The molecule has 0 aromatic carbocycles. The van der Waals surface area contributed by atoms with Gasteiger partial charge in [-0.05, 0) is 97.7 Å². The van der Waals surface area contributed by atoms with Crippen molar-refractivity contribution in [3.63, 3.8) is 0 Å². The van der Waals surface area contributed by atoms with E-state index in [2.05, 4.69) is 33.8 Å². The lowest BCUT2D eigenvalue weighted by atomic mass is 9.46. The molecule has 3 nitrogen and oxygen atoms in total. The molecule has 4 aliphatic rings. The average molecular weight is 419 g/mol. The summed E-state index contributed by atoms with van der Waals surface area (Å²) in [6.45, 7) is 9.92. The molecule has 3 heteroatoms. The minimum absolute atomic E-state index is 0.189. The normalized spacial score (nSPS) is 47.6. The predicted molar refractivity (Wildman–Crippen MR) is 122 cm³/mol.